The molecule has 1 aromatic rings. The van der Waals surface area contributed by atoms with Gasteiger partial charge in [-0.1, -0.05) is 18.2 Å². The molecule has 1 saturated heterocycles. The van der Waals surface area contributed by atoms with E-state index >= 15 is 0 Å². The van der Waals surface area contributed by atoms with E-state index in [9.17, 15) is 0 Å². The molecule has 1 heterocycles. The Morgan fingerprint density at radius 2 is 1.77 bits per heavy atom. The SMILES string of the molecule is Cc1cccc(C)c1OCCNC1CCC2(CC1)OCCO2. The first kappa shape index (κ1) is 15.8. The van der Waals surface area contributed by atoms with Crippen molar-refractivity contribution in [2.45, 2.75) is 51.4 Å². The minimum Gasteiger partial charge on any atom is -0.492 e. The van der Waals surface area contributed by atoms with Crippen LogP contribution in [0.1, 0.15) is 36.8 Å². The molecule has 0 unspecified atom stereocenters. The lowest BCUT2D eigenvalue weighted by Crippen LogP contribution is -2.43. The van der Waals surface area contributed by atoms with Gasteiger partial charge in [0.05, 0.1) is 13.2 Å². The first-order chi connectivity index (χ1) is 10.7. The van der Waals surface area contributed by atoms with Gasteiger partial charge in [-0.3, -0.25) is 0 Å². The Morgan fingerprint density at radius 3 is 2.41 bits per heavy atom. The minimum atomic E-state index is -0.257. The molecule has 0 amide bonds. The Bertz CT molecular complexity index is 467. The van der Waals surface area contributed by atoms with E-state index in [4.69, 9.17) is 14.2 Å². The van der Waals surface area contributed by atoms with Crippen molar-refractivity contribution in [1.29, 1.82) is 0 Å². The predicted octanol–water partition coefficient (Wildman–Crippen LogP) is 2.96. The summed E-state index contributed by atoms with van der Waals surface area (Å²) in [5.74, 6) is 0.770. The lowest BCUT2D eigenvalue weighted by Gasteiger charge is -2.35. The van der Waals surface area contributed by atoms with Crippen LogP contribution in [0.5, 0.6) is 5.75 Å². The van der Waals surface area contributed by atoms with Crippen molar-refractivity contribution in [3.05, 3.63) is 29.3 Å². The molecule has 2 aliphatic rings. The van der Waals surface area contributed by atoms with Crippen LogP contribution in [-0.2, 0) is 9.47 Å². The second-order valence-corrected chi connectivity index (χ2v) is 6.41. The average Bonchev–Trinajstić information content (AvgIpc) is 2.96. The Labute approximate surface area is 133 Å². The lowest BCUT2D eigenvalue weighted by atomic mass is 9.90. The normalized spacial score (nSPS) is 21.4. The van der Waals surface area contributed by atoms with E-state index in [0.29, 0.717) is 12.6 Å². The van der Waals surface area contributed by atoms with Gasteiger partial charge in [-0.25, -0.2) is 0 Å². The third-order valence-electron chi connectivity index (χ3n) is 4.75. The molecule has 1 spiro atoms. The number of hydrogen-bond acceptors (Lipinski definition) is 4. The average molecular weight is 305 g/mol. The van der Waals surface area contributed by atoms with E-state index in [-0.39, 0.29) is 5.79 Å². The second-order valence-electron chi connectivity index (χ2n) is 6.41. The quantitative estimate of drug-likeness (QED) is 0.849. The topological polar surface area (TPSA) is 39.7 Å². The van der Waals surface area contributed by atoms with Crippen LogP contribution in [0.2, 0.25) is 0 Å². The summed E-state index contributed by atoms with van der Waals surface area (Å²) < 4.78 is 17.5. The number of rotatable bonds is 5. The number of hydrogen-bond donors (Lipinski definition) is 1. The van der Waals surface area contributed by atoms with Crippen LogP contribution in [0.3, 0.4) is 0 Å². The van der Waals surface area contributed by atoms with Gasteiger partial charge in [-0.15, -0.1) is 0 Å². The van der Waals surface area contributed by atoms with E-state index in [1.807, 2.05) is 0 Å². The summed E-state index contributed by atoms with van der Waals surface area (Å²) in [6.07, 6.45) is 4.23. The van der Waals surface area contributed by atoms with E-state index in [2.05, 4.69) is 37.4 Å². The second kappa shape index (κ2) is 6.99. The molecule has 0 bridgehead atoms. The van der Waals surface area contributed by atoms with Gasteiger partial charge < -0.3 is 19.5 Å². The van der Waals surface area contributed by atoms with Crippen molar-refractivity contribution in [2.24, 2.45) is 0 Å². The Kier molecular flexibility index (Phi) is 5.01. The van der Waals surface area contributed by atoms with E-state index in [1.165, 1.54) is 11.1 Å². The van der Waals surface area contributed by atoms with Crippen LogP contribution >= 0.6 is 0 Å². The zero-order valence-corrected chi connectivity index (χ0v) is 13.7. The summed E-state index contributed by atoms with van der Waals surface area (Å²) in [7, 11) is 0. The third-order valence-corrected chi connectivity index (χ3v) is 4.75. The molecule has 122 valence electrons. The third kappa shape index (κ3) is 3.62. The molecular weight excluding hydrogens is 278 g/mol. The highest BCUT2D eigenvalue weighted by Gasteiger charge is 2.40. The van der Waals surface area contributed by atoms with E-state index < -0.39 is 0 Å². The number of para-hydroxylation sites is 1. The molecule has 2 fully saturated rings. The summed E-state index contributed by atoms with van der Waals surface area (Å²) in [5.41, 5.74) is 2.41. The molecular formula is C18H27NO3. The highest BCUT2D eigenvalue weighted by molar-refractivity contribution is 5.39. The van der Waals surface area contributed by atoms with Gasteiger partial charge in [0.25, 0.3) is 0 Å². The molecule has 4 nitrogen and oxygen atoms in total. The lowest BCUT2D eigenvalue weighted by molar-refractivity contribution is -0.179. The van der Waals surface area contributed by atoms with Crippen LogP contribution in [0, 0.1) is 13.8 Å². The van der Waals surface area contributed by atoms with Crippen molar-refractivity contribution in [2.75, 3.05) is 26.4 Å². The van der Waals surface area contributed by atoms with Crippen molar-refractivity contribution >= 4 is 0 Å². The van der Waals surface area contributed by atoms with Crippen LogP contribution < -0.4 is 10.1 Å². The van der Waals surface area contributed by atoms with Gasteiger partial charge in [-0.05, 0) is 37.8 Å². The van der Waals surface area contributed by atoms with E-state index in [1.54, 1.807) is 0 Å². The highest BCUT2D eigenvalue weighted by atomic mass is 16.7. The van der Waals surface area contributed by atoms with Gasteiger partial charge in [-0.2, -0.15) is 0 Å². The van der Waals surface area contributed by atoms with Crippen LogP contribution in [0.4, 0.5) is 0 Å². The maximum Gasteiger partial charge on any atom is 0.168 e. The number of ether oxygens (including phenoxy) is 3. The number of benzene rings is 1. The maximum absolute atomic E-state index is 5.94. The number of nitrogens with one attached hydrogen (secondary N) is 1. The molecule has 4 heteroatoms. The fraction of sp³-hybridized carbons (Fsp3) is 0.667. The fourth-order valence-corrected chi connectivity index (χ4v) is 3.49. The molecule has 1 N–H and O–H groups in total. The molecule has 22 heavy (non-hydrogen) atoms. The molecule has 1 aliphatic carbocycles. The summed E-state index contributed by atoms with van der Waals surface area (Å²) >= 11 is 0. The first-order valence-electron chi connectivity index (χ1n) is 8.39. The highest BCUT2D eigenvalue weighted by Crippen LogP contribution is 2.35. The molecule has 0 aromatic heterocycles. The van der Waals surface area contributed by atoms with Crippen LogP contribution in [0.15, 0.2) is 18.2 Å². The zero-order valence-electron chi connectivity index (χ0n) is 13.7. The minimum absolute atomic E-state index is 0.257. The van der Waals surface area contributed by atoms with Gasteiger partial charge in [0.2, 0.25) is 0 Å². The monoisotopic (exact) mass is 305 g/mol. The van der Waals surface area contributed by atoms with Crippen LogP contribution in [-0.4, -0.2) is 38.2 Å². The standard InChI is InChI=1S/C18H27NO3/c1-14-4-3-5-15(2)17(14)20-11-10-19-16-6-8-18(9-7-16)21-12-13-22-18/h3-5,16,19H,6-13H2,1-2H3. The summed E-state index contributed by atoms with van der Waals surface area (Å²) in [6, 6.07) is 6.82. The van der Waals surface area contributed by atoms with Gasteiger partial charge in [0.1, 0.15) is 12.4 Å². The van der Waals surface area contributed by atoms with Gasteiger partial charge in [0, 0.05) is 25.4 Å². The van der Waals surface area contributed by atoms with Crippen molar-refractivity contribution in [3.63, 3.8) is 0 Å². The molecule has 1 saturated carbocycles. The van der Waals surface area contributed by atoms with Gasteiger partial charge in [0.15, 0.2) is 5.79 Å². The molecule has 1 aromatic carbocycles. The van der Waals surface area contributed by atoms with Crippen LogP contribution in [0.25, 0.3) is 0 Å². The summed E-state index contributed by atoms with van der Waals surface area (Å²) in [6.45, 7) is 7.28. The Balaban J connectivity index is 1.37. The molecule has 3 rings (SSSR count). The first-order valence-corrected chi connectivity index (χ1v) is 8.39. The smallest absolute Gasteiger partial charge is 0.168 e. The molecule has 0 atom stereocenters. The maximum atomic E-state index is 5.94. The number of aryl methyl sites for hydroxylation is 2. The van der Waals surface area contributed by atoms with Crippen molar-refractivity contribution < 1.29 is 14.2 Å². The Hall–Kier alpha value is -1.10. The zero-order chi connectivity index (χ0) is 15.4. The van der Waals surface area contributed by atoms with Crippen molar-refractivity contribution in [3.8, 4) is 5.75 Å². The molecule has 0 radical (unpaired) electrons. The fourth-order valence-electron chi connectivity index (χ4n) is 3.49. The summed E-state index contributed by atoms with van der Waals surface area (Å²) in [5, 5.41) is 3.60. The Morgan fingerprint density at radius 1 is 1.14 bits per heavy atom. The van der Waals surface area contributed by atoms with Gasteiger partial charge >= 0.3 is 0 Å². The summed E-state index contributed by atoms with van der Waals surface area (Å²) in [4.78, 5) is 0. The van der Waals surface area contributed by atoms with Crippen molar-refractivity contribution in [1.82, 2.24) is 5.32 Å². The molecule has 1 aliphatic heterocycles. The van der Waals surface area contributed by atoms with E-state index in [0.717, 1.165) is 51.2 Å². The predicted molar refractivity (Wildman–Crippen MR) is 86.3 cm³/mol. The largest absolute Gasteiger partial charge is 0.492 e.